The van der Waals surface area contributed by atoms with Crippen molar-refractivity contribution >= 4 is 46.3 Å². The van der Waals surface area contributed by atoms with Gasteiger partial charge in [-0.25, -0.2) is 9.78 Å². The Balaban J connectivity index is 1.53. The molecule has 29 heavy (non-hydrogen) atoms. The molecule has 4 atom stereocenters. The number of ether oxygens (including phenoxy) is 1. The zero-order valence-corrected chi connectivity index (χ0v) is 16.8. The quantitative estimate of drug-likeness (QED) is 0.406. The van der Waals surface area contributed by atoms with Crippen molar-refractivity contribution in [3.05, 3.63) is 47.5 Å². The van der Waals surface area contributed by atoms with Gasteiger partial charge in [-0.3, -0.25) is 4.57 Å². The van der Waals surface area contributed by atoms with Crippen molar-refractivity contribution in [2.75, 3.05) is 19.0 Å². The largest absolute Gasteiger partial charge is 0.461 e. The third-order valence-corrected chi connectivity index (χ3v) is 6.35. The van der Waals surface area contributed by atoms with Crippen LogP contribution >= 0.6 is 23.4 Å². The SMILES string of the molecule is CNc1nc(Cl)nc2c1ncn2C1SC(COC(=O)c2ccccc2)C(O)C1O. The molecule has 3 heterocycles. The van der Waals surface area contributed by atoms with Gasteiger partial charge in [0.25, 0.3) is 0 Å². The fraction of sp³-hybridized carbons (Fsp3) is 0.333. The molecule has 0 spiro atoms. The Morgan fingerprint density at radius 1 is 1.28 bits per heavy atom. The van der Waals surface area contributed by atoms with E-state index in [9.17, 15) is 15.0 Å². The van der Waals surface area contributed by atoms with Crippen LogP contribution in [0.5, 0.6) is 0 Å². The number of aliphatic hydroxyl groups is 2. The van der Waals surface area contributed by atoms with E-state index in [1.165, 1.54) is 18.1 Å². The number of anilines is 1. The summed E-state index contributed by atoms with van der Waals surface area (Å²) in [6.07, 6.45) is -0.681. The number of fused-ring (bicyclic) bond motifs is 1. The molecular weight excluding hydrogens is 418 g/mol. The molecule has 152 valence electrons. The van der Waals surface area contributed by atoms with Gasteiger partial charge in [0.15, 0.2) is 17.0 Å². The number of carbonyl (C=O) groups is 1. The molecule has 4 unspecified atom stereocenters. The molecule has 11 heteroatoms. The summed E-state index contributed by atoms with van der Waals surface area (Å²) in [5.41, 5.74) is 1.35. The van der Waals surface area contributed by atoms with E-state index in [1.807, 2.05) is 0 Å². The van der Waals surface area contributed by atoms with Crippen molar-refractivity contribution in [1.82, 2.24) is 19.5 Å². The summed E-state index contributed by atoms with van der Waals surface area (Å²) in [4.78, 5) is 24.7. The van der Waals surface area contributed by atoms with Crippen molar-refractivity contribution in [2.45, 2.75) is 22.8 Å². The molecule has 1 fully saturated rings. The number of hydrogen-bond acceptors (Lipinski definition) is 9. The van der Waals surface area contributed by atoms with Gasteiger partial charge in [-0.1, -0.05) is 18.2 Å². The molecule has 3 N–H and O–H groups in total. The molecule has 1 aromatic carbocycles. The maximum atomic E-state index is 12.2. The van der Waals surface area contributed by atoms with Crippen LogP contribution in [0.2, 0.25) is 5.28 Å². The van der Waals surface area contributed by atoms with E-state index in [0.717, 1.165) is 0 Å². The van der Waals surface area contributed by atoms with Crippen molar-refractivity contribution in [1.29, 1.82) is 0 Å². The second-order valence-corrected chi connectivity index (χ2v) is 8.12. The van der Waals surface area contributed by atoms with Gasteiger partial charge >= 0.3 is 5.97 Å². The number of nitrogens with one attached hydrogen (secondary N) is 1. The molecule has 1 aliphatic heterocycles. The van der Waals surface area contributed by atoms with Gasteiger partial charge in [-0.2, -0.15) is 9.97 Å². The Morgan fingerprint density at radius 2 is 2.03 bits per heavy atom. The lowest BCUT2D eigenvalue weighted by molar-refractivity contribution is 0.00459. The number of esters is 1. The van der Waals surface area contributed by atoms with Crippen molar-refractivity contribution < 1.29 is 19.7 Å². The van der Waals surface area contributed by atoms with Gasteiger partial charge in [0.2, 0.25) is 5.28 Å². The van der Waals surface area contributed by atoms with Crippen molar-refractivity contribution in [3.63, 3.8) is 0 Å². The summed E-state index contributed by atoms with van der Waals surface area (Å²) < 4.78 is 6.97. The highest BCUT2D eigenvalue weighted by molar-refractivity contribution is 8.00. The number of carbonyl (C=O) groups excluding carboxylic acids is 1. The fourth-order valence-corrected chi connectivity index (χ4v) is 4.76. The van der Waals surface area contributed by atoms with Crippen molar-refractivity contribution in [3.8, 4) is 0 Å². The van der Waals surface area contributed by atoms with Crippen LogP contribution in [0.15, 0.2) is 36.7 Å². The van der Waals surface area contributed by atoms with E-state index >= 15 is 0 Å². The summed E-state index contributed by atoms with van der Waals surface area (Å²) in [7, 11) is 1.69. The van der Waals surface area contributed by atoms with Gasteiger partial charge in [0.05, 0.1) is 23.2 Å². The number of rotatable bonds is 5. The zero-order valence-electron chi connectivity index (χ0n) is 15.3. The zero-order chi connectivity index (χ0) is 20.5. The number of halogens is 1. The highest BCUT2D eigenvalue weighted by Crippen LogP contribution is 2.43. The first-order valence-corrected chi connectivity index (χ1v) is 10.1. The maximum Gasteiger partial charge on any atom is 0.338 e. The van der Waals surface area contributed by atoms with Crippen molar-refractivity contribution in [2.24, 2.45) is 0 Å². The summed E-state index contributed by atoms with van der Waals surface area (Å²) in [5.74, 6) is -0.0206. The minimum atomic E-state index is -1.11. The molecule has 0 bridgehead atoms. The predicted octanol–water partition coefficient (Wildman–Crippen LogP) is 1.71. The lowest BCUT2D eigenvalue weighted by atomic mass is 10.1. The van der Waals surface area contributed by atoms with E-state index in [-0.39, 0.29) is 11.9 Å². The average molecular weight is 436 g/mol. The van der Waals surface area contributed by atoms with E-state index in [2.05, 4.69) is 20.3 Å². The summed E-state index contributed by atoms with van der Waals surface area (Å²) in [6, 6.07) is 8.59. The number of thioether (sulfide) groups is 1. The number of hydrogen-bond donors (Lipinski definition) is 3. The van der Waals surface area contributed by atoms with E-state index in [0.29, 0.717) is 22.5 Å². The minimum Gasteiger partial charge on any atom is -0.461 e. The van der Waals surface area contributed by atoms with Gasteiger partial charge in [-0.05, 0) is 23.7 Å². The lowest BCUT2D eigenvalue weighted by Crippen LogP contribution is -2.34. The van der Waals surface area contributed by atoms with E-state index in [1.54, 1.807) is 41.9 Å². The maximum absolute atomic E-state index is 12.2. The topological polar surface area (TPSA) is 122 Å². The normalized spacial score (nSPS) is 24.0. The molecule has 4 rings (SSSR count). The number of nitrogens with zero attached hydrogens (tertiary/aromatic N) is 4. The van der Waals surface area contributed by atoms with Crippen LogP contribution in [0.3, 0.4) is 0 Å². The highest BCUT2D eigenvalue weighted by atomic mass is 35.5. The molecule has 0 aliphatic carbocycles. The average Bonchev–Trinajstić information content (AvgIpc) is 3.27. The molecule has 3 aromatic rings. The lowest BCUT2D eigenvalue weighted by Gasteiger charge is -2.17. The van der Waals surface area contributed by atoms with E-state index < -0.39 is 28.8 Å². The standard InChI is InChI=1S/C18H18ClN5O4S/c1-20-14-11-15(23-18(19)22-14)24(8-21-11)16-13(26)12(25)10(29-16)7-28-17(27)9-5-3-2-4-6-9/h2-6,8,10,12-13,16,25-26H,7H2,1H3,(H,20,22,23). The monoisotopic (exact) mass is 435 g/mol. The van der Waals surface area contributed by atoms with Gasteiger partial charge in [-0.15, -0.1) is 11.8 Å². The second kappa shape index (κ2) is 8.15. The molecule has 1 saturated heterocycles. The summed E-state index contributed by atoms with van der Waals surface area (Å²) in [6.45, 7) is -0.0444. The first kappa shape index (κ1) is 19.9. The second-order valence-electron chi connectivity index (χ2n) is 6.43. The Bertz CT molecular complexity index is 1030. The molecular formula is C18H18ClN5O4S. The number of aliphatic hydroxyl groups excluding tert-OH is 2. The Labute approximate surface area is 175 Å². The van der Waals surface area contributed by atoms with Crippen LogP contribution in [-0.2, 0) is 4.74 Å². The number of benzene rings is 1. The summed E-state index contributed by atoms with van der Waals surface area (Å²) >= 11 is 7.27. The molecule has 1 aliphatic rings. The van der Waals surface area contributed by atoms with Crippen LogP contribution in [0.4, 0.5) is 5.82 Å². The molecule has 0 amide bonds. The Kier molecular flexibility index (Phi) is 5.59. The fourth-order valence-electron chi connectivity index (χ4n) is 3.16. The van der Waals surface area contributed by atoms with Gasteiger partial charge < -0.3 is 20.3 Å². The first-order valence-electron chi connectivity index (χ1n) is 8.81. The van der Waals surface area contributed by atoms with Crippen LogP contribution in [0.25, 0.3) is 11.2 Å². The van der Waals surface area contributed by atoms with E-state index in [4.69, 9.17) is 16.3 Å². The number of imidazole rings is 1. The smallest absolute Gasteiger partial charge is 0.338 e. The van der Waals surface area contributed by atoms with Gasteiger partial charge in [0, 0.05) is 7.05 Å². The molecule has 0 radical (unpaired) electrons. The van der Waals surface area contributed by atoms with Crippen LogP contribution < -0.4 is 5.32 Å². The Morgan fingerprint density at radius 3 is 2.76 bits per heavy atom. The predicted molar refractivity (Wildman–Crippen MR) is 109 cm³/mol. The number of aromatic nitrogens is 4. The van der Waals surface area contributed by atoms with Gasteiger partial charge in [0.1, 0.15) is 18.1 Å². The highest BCUT2D eigenvalue weighted by Gasteiger charge is 2.44. The third-order valence-electron chi connectivity index (χ3n) is 4.63. The molecule has 9 nitrogen and oxygen atoms in total. The minimum absolute atomic E-state index is 0.0370. The van der Waals surface area contributed by atoms with Crippen LogP contribution in [0.1, 0.15) is 15.7 Å². The molecule has 0 saturated carbocycles. The summed E-state index contributed by atoms with van der Waals surface area (Å²) in [5, 5.41) is 22.9. The van der Waals surface area contributed by atoms with Crippen LogP contribution in [0, 0.1) is 0 Å². The third kappa shape index (κ3) is 3.76. The first-order chi connectivity index (χ1) is 14.0. The molecule has 2 aromatic heterocycles. The van der Waals surface area contributed by atoms with Crippen LogP contribution in [-0.4, -0.2) is 66.8 Å². The Hall–Kier alpha value is -2.40.